The maximum absolute atomic E-state index is 13.0. The first-order chi connectivity index (χ1) is 17.3. The molecule has 0 bridgehead atoms. The average Bonchev–Trinajstić information content (AvgIpc) is 3.54. The highest BCUT2D eigenvalue weighted by atomic mass is 32.1. The van der Waals surface area contributed by atoms with Crippen LogP contribution in [0.1, 0.15) is 64.2 Å². The highest BCUT2D eigenvalue weighted by Gasteiger charge is 2.39. The number of imide groups is 1. The molecule has 0 fully saturated rings. The van der Waals surface area contributed by atoms with Crippen LogP contribution in [-0.4, -0.2) is 43.9 Å². The fraction of sp³-hybridized carbons (Fsp3) is 0.192. The van der Waals surface area contributed by atoms with Crippen molar-refractivity contribution in [1.29, 1.82) is 0 Å². The minimum Gasteiger partial charge on any atom is -0.469 e. The lowest BCUT2D eigenvalue weighted by atomic mass is 9.99. The molecule has 0 spiro atoms. The van der Waals surface area contributed by atoms with Crippen LogP contribution in [0, 0.1) is 0 Å². The predicted octanol–water partition coefficient (Wildman–Crippen LogP) is 3.79. The molecule has 2 aliphatic rings. The van der Waals surface area contributed by atoms with Gasteiger partial charge in [-0.3, -0.25) is 19.2 Å². The third-order valence-corrected chi connectivity index (χ3v) is 7.50. The van der Waals surface area contributed by atoms with Crippen LogP contribution in [0.15, 0.2) is 48.5 Å². The Balaban J connectivity index is 1.40. The molecule has 0 radical (unpaired) electrons. The van der Waals surface area contributed by atoms with E-state index in [0.717, 1.165) is 9.78 Å². The molecule has 182 valence electrons. The van der Waals surface area contributed by atoms with Gasteiger partial charge in [0.1, 0.15) is 5.00 Å². The van der Waals surface area contributed by atoms with Crippen molar-refractivity contribution in [2.75, 3.05) is 24.4 Å². The van der Waals surface area contributed by atoms with Gasteiger partial charge in [0.2, 0.25) is 0 Å². The van der Waals surface area contributed by atoms with Gasteiger partial charge in [0.15, 0.2) is 0 Å². The Morgan fingerprint density at radius 2 is 1.58 bits per heavy atom. The lowest BCUT2D eigenvalue weighted by Gasteiger charge is -2.14. The smallest absolute Gasteiger partial charge is 0.341 e. The second-order valence-corrected chi connectivity index (χ2v) is 9.35. The molecular formula is C26H20N2O7S. The zero-order valence-electron chi connectivity index (χ0n) is 19.3. The van der Waals surface area contributed by atoms with E-state index in [1.165, 1.54) is 49.8 Å². The summed E-state index contributed by atoms with van der Waals surface area (Å²) in [6.07, 6.45) is 1.10. The highest BCUT2D eigenvalue weighted by molar-refractivity contribution is 7.17. The maximum atomic E-state index is 13.0. The molecule has 0 unspecified atom stereocenters. The Kier molecular flexibility index (Phi) is 5.89. The summed E-state index contributed by atoms with van der Waals surface area (Å²) in [7, 11) is 2.52. The van der Waals surface area contributed by atoms with Crippen LogP contribution in [0.2, 0.25) is 0 Å². The van der Waals surface area contributed by atoms with Crippen LogP contribution in [0.5, 0.6) is 0 Å². The maximum Gasteiger partial charge on any atom is 0.341 e. The summed E-state index contributed by atoms with van der Waals surface area (Å²) in [6, 6.07) is 12.6. The van der Waals surface area contributed by atoms with Crippen molar-refractivity contribution in [3.63, 3.8) is 0 Å². The summed E-state index contributed by atoms with van der Waals surface area (Å²) >= 11 is 1.23. The molecule has 2 aromatic carbocycles. The van der Waals surface area contributed by atoms with Gasteiger partial charge in [-0.05, 0) is 54.8 Å². The zero-order chi connectivity index (χ0) is 25.6. The molecular weight excluding hydrogens is 484 g/mol. The fourth-order valence-corrected chi connectivity index (χ4v) is 5.86. The molecule has 0 saturated carbocycles. The number of thiophene rings is 1. The number of methoxy groups -OCH3 is 2. The molecule has 9 nitrogen and oxygen atoms in total. The highest BCUT2D eigenvalue weighted by Crippen LogP contribution is 2.46. The summed E-state index contributed by atoms with van der Waals surface area (Å²) in [6.45, 7) is 0. The Morgan fingerprint density at radius 1 is 0.944 bits per heavy atom. The van der Waals surface area contributed by atoms with Crippen molar-refractivity contribution in [2.45, 2.75) is 18.8 Å². The quantitative estimate of drug-likeness (QED) is 0.415. The van der Waals surface area contributed by atoms with E-state index in [0.29, 0.717) is 35.2 Å². The predicted molar refractivity (Wildman–Crippen MR) is 131 cm³/mol. The SMILES string of the molecule is COC(=O)c1c(NC(=O)c2ccc(N3C(=O)c4ccccc4C3=O)cc2)sc2c1[C@@H](C(=O)OC)CC2. The number of carbonyl (C=O) groups excluding carboxylic acids is 5. The minimum atomic E-state index is -0.653. The van der Waals surface area contributed by atoms with Gasteiger partial charge in [-0.1, -0.05) is 12.1 Å². The number of ether oxygens (including phenoxy) is 2. The van der Waals surface area contributed by atoms with Crippen LogP contribution in [0.3, 0.4) is 0 Å². The van der Waals surface area contributed by atoms with Gasteiger partial charge in [0.25, 0.3) is 17.7 Å². The zero-order valence-corrected chi connectivity index (χ0v) is 20.1. The van der Waals surface area contributed by atoms with E-state index in [9.17, 15) is 24.0 Å². The second-order valence-electron chi connectivity index (χ2n) is 8.24. The molecule has 5 rings (SSSR count). The number of benzene rings is 2. The van der Waals surface area contributed by atoms with E-state index in [2.05, 4.69) is 5.32 Å². The minimum absolute atomic E-state index is 0.154. The first kappa shape index (κ1) is 23.4. The first-order valence-corrected chi connectivity index (χ1v) is 11.9. The van der Waals surface area contributed by atoms with Gasteiger partial charge in [0, 0.05) is 10.4 Å². The van der Waals surface area contributed by atoms with Crippen LogP contribution in [0.25, 0.3) is 0 Å². The topological polar surface area (TPSA) is 119 Å². The number of nitrogens with one attached hydrogen (secondary N) is 1. The molecule has 36 heavy (non-hydrogen) atoms. The summed E-state index contributed by atoms with van der Waals surface area (Å²) < 4.78 is 9.81. The van der Waals surface area contributed by atoms with Crippen LogP contribution >= 0.6 is 11.3 Å². The summed E-state index contributed by atoms with van der Waals surface area (Å²) in [5.74, 6) is -3.05. The summed E-state index contributed by atoms with van der Waals surface area (Å²) in [4.78, 5) is 65.2. The van der Waals surface area contributed by atoms with Crippen LogP contribution < -0.4 is 10.2 Å². The molecule has 3 aromatic rings. The van der Waals surface area contributed by atoms with Crippen molar-refractivity contribution in [3.8, 4) is 0 Å². The molecule has 1 N–H and O–H groups in total. The lowest BCUT2D eigenvalue weighted by molar-refractivity contribution is -0.142. The number of fused-ring (bicyclic) bond motifs is 2. The number of nitrogens with zero attached hydrogens (tertiary/aromatic N) is 1. The number of aryl methyl sites for hydroxylation is 1. The van der Waals surface area contributed by atoms with E-state index in [4.69, 9.17) is 9.47 Å². The Labute approximate surface area is 209 Å². The molecule has 1 aliphatic carbocycles. The van der Waals surface area contributed by atoms with Gasteiger partial charge in [0.05, 0.1) is 42.5 Å². The van der Waals surface area contributed by atoms with Gasteiger partial charge in [-0.15, -0.1) is 11.3 Å². The third kappa shape index (κ3) is 3.66. The first-order valence-electron chi connectivity index (χ1n) is 11.1. The van der Waals surface area contributed by atoms with Crippen molar-refractivity contribution < 1.29 is 33.4 Å². The second kappa shape index (κ2) is 9.04. The Morgan fingerprint density at radius 3 is 2.17 bits per heavy atom. The van der Waals surface area contributed by atoms with Gasteiger partial charge in [-0.2, -0.15) is 0 Å². The third-order valence-electron chi connectivity index (χ3n) is 6.31. The molecule has 2 heterocycles. The van der Waals surface area contributed by atoms with Crippen molar-refractivity contribution in [2.24, 2.45) is 0 Å². The number of hydrogen-bond acceptors (Lipinski definition) is 8. The van der Waals surface area contributed by atoms with E-state index < -0.39 is 35.6 Å². The Bertz CT molecular complexity index is 1410. The van der Waals surface area contributed by atoms with Crippen molar-refractivity contribution >= 4 is 51.7 Å². The number of carbonyl (C=O) groups is 5. The van der Waals surface area contributed by atoms with Crippen LogP contribution in [0.4, 0.5) is 10.7 Å². The van der Waals surface area contributed by atoms with E-state index in [-0.39, 0.29) is 16.1 Å². The fourth-order valence-electron chi connectivity index (χ4n) is 4.60. The van der Waals surface area contributed by atoms with E-state index in [1.54, 1.807) is 24.3 Å². The monoisotopic (exact) mass is 504 g/mol. The van der Waals surface area contributed by atoms with Gasteiger partial charge in [-0.25, -0.2) is 9.69 Å². The molecule has 1 aromatic heterocycles. The number of hydrogen-bond donors (Lipinski definition) is 1. The normalized spacial score (nSPS) is 15.9. The lowest BCUT2D eigenvalue weighted by Crippen LogP contribution is -2.29. The summed E-state index contributed by atoms with van der Waals surface area (Å²) in [5, 5.41) is 3.04. The van der Waals surface area contributed by atoms with Crippen LogP contribution in [-0.2, 0) is 20.7 Å². The molecule has 1 atom stereocenters. The van der Waals surface area contributed by atoms with Crippen molar-refractivity contribution in [3.05, 3.63) is 81.2 Å². The molecule has 10 heteroatoms. The standard InChI is InChI=1S/C26H20N2O7S/c1-34-25(32)17-11-12-18-19(17)20(26(33)35-2)22(36-18)27-21(29)13-7-9-14(10-8-13)28-23(30)15-5-3-4-6-16(15)24(28)31/h3-10,17H,11-12H2,1-2H3,(H,27,29)/t17-/m0/s1. The molecule has 3 amide bonds. The number of anilines is 2. The number of rotatable bonds is 5. The average molecular weight is 505 g/mol. The molecule has 0 saturated heterocycles. The van der Waals surface area contributed by atoms with E-state index >= 15 is 0 Å². The van der Waals surface area contributed by atoms with Gasteiger partial charge >= 0.3 is 11.9 Å². The largest absolute Gasteiger partial charge is 0.469 e. The number of amides is 3. The summed E-state index contributed by atoms with van der Waals surface area (Å²) in [5.41, 5.74) is 1.94. The molecule has 1 aliphatic heterocycles. The number of esters is 2. The van der Waals surface area contributed by atoms with Gasteiger partial charge < -0.3 is 14.8 Å². The Hall–Kier alpha value is -4.31. The van der Waals surface area contributed by atoms with E-state index in [1.807, 2.05) is 0 Å². The van der Waals surface area contributed by atoms with Crippen molar-refractivity contribution in [1.82, 2.24) is 0 Å².